The highest BCUT2D eigenvalue weighted by Gasteiger charge is 2.45. The van der Waals surface area contributed by atoms with Crippen LogP contribution < -0.4 is 0 Å². The summed E-state index contributed by atoms with van der Waals surface area (Å²) in [5, 5.41) is 0. The second kappa shape index (κ2) is 6.17. The quantitative estimate of drug-likeness (QED) is 0.779. The normalized spacial score (nSPS) is 34.6. The van der Waals surface area contributed by atoms with Gasteiger partial charge < -0.3 is 14.5 Å². The van der Waals surface area contributed by atoms with Crippen molar-refractivity contribution in [1.82, 2.24) is 9.80 Å². The van der Waals surface area contributed by atoms with E-state index in [1.165, 1.54) is 45.4 Å². The van der Waals surface area contributed by atoms with Crippen LogP contribution in [0.25, 0.3) is 0 Å². The maximum absolute atomic E-state index is 5.29. The number of likely N-dealkylation sites (tertiary alicyclic amines) is 2. The Hall–Kier alpha value is -0.120. The number of piperidine rings is 2. The molecule has 0 amide bonds. The first-order valence-corrected chi connectivity index (χ1v) is 9.05. The van der Waals surface area contributed by atoms with Gasteiger partial charge in [0.05, 0.1) is 13.2 Å². The van der Waals surface area contributed by atoms with Crippen molar-refractivity contribution in [2.75, 3.05) is 39.4 Å². The molecule has 21 heavy (non-hydrogen) atoms. The zero-order valence-electron chi connectivity index (χ0n) is 14.5. The molecule has 4 aliphatic rings. The lowest BCUT2D eigenvalue weighted by molar-refractivity contribution is -0.141. The van der Waals surface area contributed by atoms with Crippen molar-refractivity contribution in [2.24, 2.45) is 17.3 Å². The molecule has 4 fully saturated rings. The van der Waals surface area contributed by atoms with Gasteiger partial charge in [0.2, 0.25) is 0 Å². The molecule has 2 unspecified atom stereocenters. The van der Waals surface area contributed by atoms with E-state index in [-0.39, 0.29) is 0 Å². The van der Waals surface area contributed by atoms with Crippen molar-refractivity contribution < 1.29 is 4.74 Å². The number of rotatable bonds is 2. The third kappa shape index (κ3) is 3.62. The molecule has 3 nitrogen and oxygen atoms in total. The predicted molar refractivity (Wildman–Crippen MR) is 87.5 cm³/mol. The van der Waals surface area contributed by atoms with Crippen molar-refractivity contribution in [3.63, 3.8) is 0 Å². The van der Waals surface area contributed by atoms with Gasteiger partial charge in [0.15, 0.2) is 0 Å². The molecule has 0 radical (unpaired) electrons. The van der Waals surface area contributed by atoms with Crippen LogP contribution in [0.15, 0.2) is 0 Å². The van der Waals surface area contributed by atoms with Gasteiger partial charge in [0.25, 0.3) is 0 Å². The van der Waals surface area contributed by atoms with Gasteiger partial charge in [-0.1, -0.05) is 0 Å². The van der Waals surface area contributed by atoms with E-state index in [1.807, 2.05) is 0 Å². The number of nitrogens with zero attached hydrogens (tertiary/aromatic N) is 2. The molecule has 0 aromatic heterocycles. The molecule has 0 aromatic rings. The Labute approximate surface area is 131 Å². The first-order valence-electron chi connectivity index (χ1n) is 9.05. The van der Waals surface area contributed by atoms with Crippen LogP contribution in [0.5, 0.6) is 0 Å². The Bertz CT molecular complexity index is 331. The first kappa shape index (κ1) is 15.8. The summed E-state index contributed by atoms with van der Waals surface area (Å²) in [4.78, 5) is 5.17. The van der Waals surface area contributed by atoms with Gasteiger partial charge in [-0.2, -0.15) is 0 Å². The summed E-state index contributed by atoms with van der Waals surface area (Å²) in [6, 6.07) is 1.51. The molecule has 1 saturated carbocycles. The van der Waals surface area contributed by atoms with Gasteiger partial charge in [-0.25, -0.2) is 0 Å². The number of ether oxygens (including phenoxy) is 1. The van der Waals surface area contributed by atoms with Crippen LogP contribution in [-0.4, -0.2) is 61.3 Å². The predicted octanol–water partition coefficient (Wildman–Crippen LogP) is 2.85. The fourth-order valence-corrected chi connectivity index (χ4v) is 4.05. The third-order valence-electron chi connectivity index (χ3n) is 6.14. The highest BCUT2D eigenvalue weighted by Crippen LogP contribution is 2.45. The van der Waals surface area contributed by atoms with Gasteiger partial charge in [0.1, 0.15) is 0 Å². The molecule has 0 bridgehead atoms. The molecule has 1 aliphatic carbocycles. The van der Waals surface area contributed by atoms with E-state index in [2.05, 4.69) is 37.5 Å². The Morgan fingerprint density at radius 3 is 1.71 bits per heavy atom. The number of hydrogen-bond donors (Lipinski definition) is 0. The second-order valence-electron chi connectivity index (χ2n) is 8.43. The van der Waals surface area contributed by atoms with Gasteiger partial charge >= 0.3 is 0 Å². The van der Waals surface area contributed by atoms with E-state index in [0.717, 1.165) is 37.1 Å². The van der Waals surface area contributed by atoms with E-state index in [9.17, 15) is 0 Å². The fraction of sp³-hybridized carbons (Fsp3) is 1.00. The zero-order chi connectivity index (χ0) is 15.0. The molecule has 0 aromatic carbocycles. The Kier molecular flexibility index (Phi) is 4.63. The van der Waals surface area contributed by atoms with E-state index in [0.29, 0.717) is 5.41 Å². The van der Waals surface area contributed by atoms with Crippen molar-refractivity contribution in [3.8, 4) is 0 Å². The third-order valence-corrected chi connectivity index (χ3v) is 6.14. The summed E-state index contributed by atoms with van der Waals surface area (Å²) < 4.78 is 5.29. The number of hydrogen-bond acceptors (Lipinski definition) is 3. The largest absolute Gasteiger partial charge is 0.380 e. The molecule has 0 N–H and O–H groups in total. The lowest BCUT2D eigenvalue weighted by Gasteiger charge is -2.48. The van der Waals surface area contributed by atoms with Crippen LogP contribution in [0.2, 0.25) is 0 Å². The van der Waals surface area contributed by atoms with Crippen molar-refractivity contribution >= 4 is 0 Å². The highest BCUT2D eigenvalue weighted by molar-refractivity contribution is 4.97. The van der Waals surface area contributed by atoms with Crippen LogP contribution in [0.3, 0.4) is 0 Å². The van der Waals surface area contributed by atoms with Crippen LogP contribution in [0.1, 0.15) is 47.0 Å². The molecule has 1 spiro atoms. The smallest absolute Gasteiger partial charge is 0.0545 e. The monoisotopic (exact) mass is 294 g/mol. The number of fused-ring (bicyclic) bond motifs is 1. The maximum Gasteiger partial charge on any atom is 0.0545 e. The Morgan fingerprint density at radius 2 is 1.38 bits per heavy atom. The van der Waals surface area contributed by atoms with Crippen molar-refractivity contribution in [3.05, 3.63) is 0 Å². The minimum absolute atomic E-state index is 0.603. The van der Waals surface area contributed by atoms with Crippen LogP contribution in [0, 0.1) is 17.3 Å². The minimum Gasteiger partial charge on any atom is -0.380 e. The lowest BCUT2D eigenvalue weighted by Crippen LogP contribution is -2.52. The second-order valence-corrected chi connectivity index (χ2v) is 8.43. The van der Waals surface area contributed by atoms with E-state index < -0.39 is 0 Å². The maximum atomic E-state index is 5.29. The standard InChI is InChI=1S/C10H19NO.C8H15N/c1-9(2)11-5-3-10(4-6-11)7-12-8-10;1-6(2)9-4-7-3-8(7)5-9/h9H,3-8H2,1-2H3;6-8H,3-5H2,1-2H3. The molecule has 2 atom stereocenters. The molecule has 3 heterocycles. The van der Waals surface area contributed by atoms with Gasteiger partial charge in [-0.05, 0) is 71.9 Å². The summed E-state index contributed by atoms with van der Waals surface area (Å²) in [5.74, 6) is 2.21. The van der Waals surface area contributed by atoms with Crippen LogP contribution in [0.4, 0.5) is 0 Å². The topological polar surface area (TPSA) is 15.7 Å². The average molecular weight is 294 g/mol. The molecule has 122 valence electrons. The fourth-order valence-electron chi connectivity index (χ4n) is 4.05. The molecular formula is C18H34N2O. The molecule has 3 heteroatoms. The van der Waals surface area contributed by atoms with Gasteiger partial charge in [0, 0.05) is 30.6 Å². The van der Waals surface area contributed by atoms with Crippen LogP contribution in [-0.2, 0) is 4.74 Å². The Balaban J connectivity index is 0.000000131. The SMILES string of the molecule is CC(C)N1CC2CC2C1.CC(C)N1CCC2(CC1)COC2. The van der Waals surface area contributed by atoms with Crippen LogP contribution >= 0.6 is 0 Å². The van der Waals surface area contributed by atoms with E-state index >= 15 is 0 Å². The van der Waals surface area contributed by atoms with E-state index in [4.69, 9.17) is 4.74 Å². The summed E-state index contributed by atoms with van der Waals surface area (Å²) >= 11 is 0. The minimum atomic E-state index is 0.603. The molecule has 4 rings (SSSR count). The van der Waals surface area contributed by atoms with Crippen molar-refractivity contribution in [2.45, 2.75) is 59.0 Å². The Morgan fingerprint density at radius 1 is 0.857 bits per heavy atom. The zero-order valence-corrected chi connectivity index (χ0v) is 14.5. The molecule has 3 aliphatic heterocycles. The van der Waals surface area contributed by atoms with E-state index in [1.54, 1.807) is 0 Å². The molecule has 3 saturated heterocycles. The molecular weight excluding hydrogens is 260 g/mol. The highest BCUT2D eigenvalue weighted by atomic mass is 16.5. The van der Waals surface area contributed by atoms with Crippen molar-refractivity contribution in [1.29, 1.82) is 0 Å². The summed E-state index contributed by atoms with van der Waals surface area (Å²) in [6.45, 7) is 16.6. The van der Waals surface area contributed by atoms with Gasteiger partial charge in [-0.3, -0.25) is 0 Å². The summed E-state index contributed by atoms with van der Waals surface area (Å²) in [6.07, 6.45) is 4.24. The average Bonchev–Trinajstić information content (AvgIpc) is 3.04. The van der Waals surface area contributed by atoms with Gasteiger partial charge in [-0.15, -0.1) is 0 Å². The lowest BCUT2D eigenvalue weighted by atomic mass is 9.76. The summed E-state index contributed by atoms with van der Waals surface area (Å²) in [7, 11) is 0. The summed E-state index contributed by atoms with van der Waals surface area (Å²) in [5.41, 5.74) is 0.603. The first-order chi connectivity index (χ1) is 9.99.